The van der Waals surface area contributed by atoms with Crippen LogP contribution in [0.2, 0.25) is 5.15 Å². The zero-order valence-corrected chi connectivity index (χ0v) is 14.1. The average Bonchev–Trinajstić information content (AvgIpc) is 2.78. The SMILES string of the molecule is CCc1nn(C)c(Cl)c1CN1CCN(C(CC)CO)CC1. The molecule has 0 amide bonds. The van der Waals surface area contributed by atoms with E-state index in [1.54, 1.807) is 4.68 Å². The van der Waals surface area contributed by atoms with E-state index in [-0.39, 0.29) is 6.61 Å². The number of nitrogens with zero attached hydrogens (tertiary/aromatic N) is 4. The number of hydrogen-bond acceptors (Lipinski definition) is 4. The van der Waals surface area contributed by atoms with Gasteiger partial charge in [0.2, 0.25) is 0 Å². The van der Waals surface area contributed by atoms with Crippen LogP contribution in [0.25, 0.3) is 0 Å². The third kappa shape index (κ3) is 3.77. The topological polar surface area (TPSA) is 44.5 Å². The summed E-state index contributed by atoms with van der Waals surface area (Å²) >= 11 is 6.37. The molecule has 1 fully saturated rings. The first kappa shape index (κ1) is 16.7. The van der Waals surface area contributed by atoms with Crippen molar-refractivity contribution in [3.05, 3.63) is 16.4 Å². The number of aliphatic hydroxyl groups is 1. The molecule has 0 saturated carbocycles. The molecule has 2 heterocycles. The lowest BCUT2D eigenvalue weighted by atomic mass is 10.1. The Bertz CT molecular complexity index is 451. The predicted octanol–water partition coefficient (Wildman–Crippen LogP) is 1.52. The third-order valence-electron chi connectivity index (χ3n) is 4.47. The highest BCUT2D eigenvalue weighted by Gasteiger charge is 2.24. The van der Waals surface area contributed by atoms with Crippen molar-refractivity contribution in [3.8, 4) is 0 Å². The Labute approximate surface area is 132 Å². The summed E-state index contributed by atoms with van der Waals surface area (Å²) in [7, 11) is 1.90. The van der Waals surface area contributed by atoms with E-state index < -0.39 is 0 Å². The maximum Gasteiger partial charge on any atom is 0.131 e. The third-order valence-corrected chi connectivity index (χ3v) is 4.95. The quantitative estimate of drug-likeness (QED) is 0.865. The Hall–Kier alpha value is -0.620. The minimum Gasteiger partial charge on any atom is -0.395 e. The zero-order chi connectivity index (χ0) is 15.4. The summed E-state index contributed by atoms with van der Waals surface area (Å²) in [4.78, 5) is 4.82. The first-order chi connectivity index (χ1) is 10.1. The number of rotatable bonds is 6. The van der Waals surface area contributed by atoms with Gasteiger partial charge in [0.1, 0.15) is 5.15 Å². The largest absolute Gasteiger partial charge is 0.395 e. The van der Waals surface area contributed by atoms with Gasteiger partial charge in [-0.15, -0.1) is 0 Å². The van der Waals surface area contributed by atoms with Gasteiger partial charge in [0, 0.05) is 51.4 Å². The zero-order valence-electron chi connectivity index (χ0n) is 13.3. The molecule has 6 heteroatoms. The van der Waals surface area contributed by atoms with E-state index in [2.05, 4.69) is 28.7 Å². The van der Waals surface area contributed by atoms with Crippen molar-refractivity contribution in [1.29, 1.82) is 0 Å². The molecule has 0 spiro atoms. The summed E-state index contributed by atoms with van der Waals surface area (Å²) in [5.41, 5.74) is 2.27. The van der Waals surface area contributed by atoms with Crippen LogP contribution in [0, 0.1) is 0 Å². The van der Waals surface area contributed by atoms with Crippen LogP contribution in [-0.2, 0) is 20.0 Å². The number of halogens is 1. The molecule has 5 nitrogen and oxygen atoms in total. The minimum atomic E-state index is 0.255. The maximum atomic E-state index is 9.40. The maximum absolute atomic E-state index is 9.40. The molecule has 1 aliphatic heterocycles. The van der Waals surface area contributed by atoms with Crippen molar-refractivity contribution in [3.63, 3.8) is 0 Å². The second kappa shape index (κ2) is 7.58. The predicted molar refractivity (Wildman–Crippen MR) is 85.6 cm³/mol. The van der Waals surface area contributed by atoms with Crippen LogP contribution in [0.15, 0.2) is 0 Å². The summed E-state index contributed by atoms with van der Waals surface area (Å²) in [6.07, 6.45) is 1.92. The van der Waals surface area contributed by atoms with Gasteiger partial charge in [-0.3, -0.25) is 14.5 Å². The monoisotopic (exact) mass is 314 g/mol. The Balaban J connectivity index is 1.95. The molecule has 120 valence electrons. The summed E-state index contributed by atoms with van der Waals surface area (Å²) in [5, 5.41) is 14.6. The molecule has 0 bridgehead atoms. The van der Waals surface area contributed by atoms with Gasteiger partial charge in [0.25, 0.3) is 0 Å². The fourth-order valence-corrected chi connectivity index (χ4v) is 3.26. The van der Waals surface area contributed by atoms with Gasteiger partial charge in [-0.1, -0.05) is 25.4 Å². The molecular weight excluding hydrogens is 288 g/mol. The van der Waals surface area contributed by atoms with Gasteiger partial charge in [-0.25, -0.2) is 0 Å². The van der Waals surface area contributed by atoms with Crippen molar-refractivity contribution >= 4 is 11.6 Å². The molecule has 1 aromatic rings. The molecule has 1 aliphatic rings. The van der Waals surface area contributed by atoms with Crippen LogP contribution in [-0.4, -0.2) is 63.5 Å². The van der Waals surface area contributed by atoms with Gasteiger partial charge in [-0.2, -0.15) is 5.10 Å². The Kier molecular flexibility index (Phi) is 6.05. The van der Waals surface area contributed by atoms with E-state index in [0.29, 0.717) is 6.04 Å². The van der Waals surface area contributed by atoms with Gasteiger partial charge < -0.3 is 5.11 Å². The Morgan fingerprint density at radius 3 is 2.43 bits per heavy atom. The number of aromatic nitrogens is 2. The van der Waals surface area contributed by atoms with E-state index in [9.17, 15) is 5.11 Å². The summed E-state index contributed by atoms with van der Waals surface area (Å²) in [6.45, 7) is 9.44. The van der Waals surface area contributed by atoms with Crippen molar-refractivity contribution < 1.29 is 5.11 Å². The van der Waals surface area contributed by atoms with Gasteiger partial charge in [-0.05, 0) is 12.8 Å². The second-order valence-corrected chi connectivity index (χ2v) is 6.11. The highest BCUT2D eigenvalue weighted by atomic mass is 35.5. The van der Waals surface area contributed by atoms with Gasteiger partial charge >= 0.3 is 0 Å². The first-order valence-electron chi connectivity index (χ1n) is 7.88. The van der Waals surface area contributed by atoms with Gasteiger partial charge in [0.15, 0.2) is 0 Å². The molecule has 0 aliphatic carbocycles. The highest BCUT2D eigenvalue weighted by Crippen LogP contribution is 2.22. The molecule has 1 N–H and O–H groups in total. The number of piperazine rings is 1. The fourth-order valence-electron chi connectivity index (χ4n) is 3.05. The van der Waals surface area contributed by atoms with Crippen molar-refractivity contribution in [2.24, 2.45) is 7.05 Å². The molecular formula is C15H27ClN4O. The molecule has 0 radical (unpaired) electrons. The minimum absolute atomic E-state index is 0.255. The summed E-state index contributed by atoms with van der Waals surface area (Å²) in [5.74, 6) is 0. The smallest absolute Gasteiger partial charge is 0.131 e. The van der Waals surface area contributed by atoms with Crippen LogP contribution < -0.4 is 0 Å². The van der Waals surface area contributed by atoms with Crippen molar-refractivity contribution in [2.45, 2.75) is 39.3 Å². The second-order valence-electron chi connectivity index (χ2n) is 5.75. The number of hydrogen-bond donors (Lipinski definition) is 1. The normalized spacial score (nSPS) is 19.1. The lowest BCUT2D eigenvalue weighted by Crippen LogP contribution is -2.50. The number of aryl methyl sites for hydroxylation is 2. The standard InChI is InChI=1S/C15H27ClN4O/c1-4-12(11-21)20-8-6-19(7-9-20)10-13-14(5-2)17-18(3)15(13)16/h12,21H,4-11H2,1-3H3. The fraction of sp³-hybridized carbons (Fsp3) is 0.800. The lowest BCUT2D eigenvalue weighted by molar-refractivity contribution is 0.0607. The molecule has 2 rings (SSSR count). The summed E-state index contributed by atoms with van der Waals surface area (Å²) < 4.78 is 1.77. The van der Waals surface area contributed by atoms with Crippen LogP contribution >= 0.6 is 11.6 Å². The molecule has 1 unspecified atom stereocenters. The molecule has 1 saturated heterocycles. The Morgan fingerprint density at radius 2 is 1.90 bits per heavy atom. The van der Waals surface area contributed by atoms with Crippen LogP contribution in [0.1, 0.15) is 31.5 Å². The van der Waals surface area contributed by atoms with Gasteiger partial charge in [0.05, 0.1) is 12.3 Å². The van der Waals surface area contributed by atoms with E-state index in [4.69, 9.17) is 11.6 Å². The van der Waals surface area contributed by atoms with E-state index >= 15 is 0 Å². The molecule has 21 heavy (non-hydrogen) atoms. The van der Waals surface area contributed by atoms with Crippen LogP contribution in [0.4, 0.5) is 0 Å². The summed E-state index contributed by atoms with van der Waals surface area (Å²) in [6, 6.07) is 0.306. The van der Waals surface area contributed by atoms with E-state index in [0.717, 1.165) is 56.4 Å². The Morgan fingerprint density at radius 1 is 1.24 bits per heavy atom. The van der Waals surface area contributed by atoms with E-state index in [1.807, 2.05) is 7.05 Å². The van der Waals surface area contributed by atoms with E-state index in [1.165, 1.54) is 5.56 Å². The van der Waals surface area contributed by atoms with Crippen LogP contribution in [0.5, 0.6) is 0 Å². The molecule has 1 aromatic heterocycles. The average molecular weight is 315 g/mol. The van der Waals surface area contributed by atoms with Crippen molar-refractivity contribution in [1.82, 2.24) is 19.6 Å². The molecule has 1 atom stereocenters. The lowest BCUT2D eigenvalue weighted by Gasteiger charge is -2.38. The first-order valence-corrected chi connectivity index (χ1v) is 8.25. The van der Waals surface area contributed by atoms with Crippen LogP contribution in [0.3, 0.4) is 0 Å². The van der Waals surface area contributed by atoms with Crippen molar-refractivity contribution in [2.75, 3.05) is 32.8 Å². The highest BCUT2D eigenvalue weighted by molar-refractivity contribution is 6.30. The number of aliphatic hydroxyl groups excluding tert-OH is 1. The molecule has 0 aromatic carbocycles.